The van der Waals surface area contributed by atoms with Gasteiger partial charge < -0.3 is 11.1 Å². The smallest absolute Gasteiger partial charge is 0.238 e. The van der Waals surface area contributed by atoms with Gasteiger partial charge >= 0.3 is 0 Å². The topological polar surface area (TPSA) is 58.4 Å². The van der Waals surface area contributed by atoms with Crippen molar-refractivity contribution in [1.82, 2.24) is 10.2 Å². The summed E-state index contributed by atoms with van der Waals surface area (Å²) in [5, 5.41) is 3.23. The summed E-state index contributed by atoms with van der Waals surface area (Å²) in [5.41, 5.74) is 4.92. The number of amides is 1. The summed E-state index contributed by atoms with van der Waals surface area (Å²) in [6, 6.07) is 0.662. The quantitative estimate of drug-likeness (QED) is 0.665. The van der Waals surface area contributed by atoms with E-state index in [4.69, 9.17) is 5.73 Å². The van der Waals surface area contributed by atoms with Crippen molar-refractivity contribution >= 4 is 5.91 Å². The van der Waals surface area contributed by atoms with Crippen molar-refractivity contribution in [2.24, 2.45) is 11.7 Å². The Morgan fingerprint density at radius 1 is 1.53 bits per heavy atom. The number of carbonyl (C=O) groups is 1. The zero-order valence-electron chi connectivity index (χ0n) is 11.6. The maximum absolute atomic E-state index is 11.6. The lowest BCUT2D eigenvalue weighted by Crippen LogP contribution is -2.60. The van der Waals surface area contributed by atoms with E-state index in [1.54, 1.807) is 0 Å². The third kappa shape index (κ3) is 4.28. The lowest BCUT2D eigenvalue weighted by Gasteiger charge is -2.34. The first-order chi connectivity index (χ1) is 7.89. The summed E-state index contributed by atoms with van der Waals surface area (Å²) in [4.78, 5) is 14.0. The Hall–Kier alpha value is -0.610. The van der Waals surface area contributed by atoms with E-state index in [2.05, 4.69) is 24.1 Å². The molecule has 0 saturated heterocycles. The Morgan fingerprint density at radius 2 is 2.12 bits per heavy atom. The molecule has 1 amide bonds. The monoisotopic (exact) mass is 241 g/mol. The lowest BCUT2D eigenvalue weighted by atomic mass is 9.99. The van der Waals surface area contributed by atoms with E-state index in [1.807, 2.05) is 13.8 Å². The molecule has 1 unspecified atom stereocenters. The van der Waals surface area contributed by atoms with Gasteiger partial charge in [0.15, 0.2) is 0 Å². The Morgan fingerprint density at radius 3 is 2.47 bits per heavy atom. The van der Waals surface area contributed by atoms with Crippen molar-refractivity contribution in [3.63, 3.8) is 0 Å². The average molecular weight is 241 g/mol. The van der Waals surface area contributed by atoms with Gasteiger partial charge in [-0.25, -0.2) is 0 Å². The van der Waals surface area contributed by atoms with Crippen LogP contribution in [0.2, 0.25) is 0 Å². The third-order valence-electron chi connectivity index (χ3n) is 3.29. The predicted molar refractivity (Wildman–Crippen MR) is 70.7 cm³/mol. The van der Waals surface area contributed by atoms with Gasteiger partial charge in [-0.15, -0.1) is 0 Å². The zero-order chi connectivity index (χ0) is 13.1. The number of primary amides is 1. The molecular formula is C13H27N3O. The van der Waals surface area contributed by atoms with E-state index in [9.17, 15) is 4.79 Å². The molecule has 0 aromatic heterocycles. The van der Waals surface area contributed by atoms with Gasteiger partial charge in [0, 0.05) is 19.1 Å². The third-order valence-corrected chi connectivity index (χ3v) is 3.29. The highest BCUT2D eigenvalue weighted by Crippen LogP contribution is 2.28. The highest BCUT2D eigenvalue weighted by molar-refractivity contribution is 5.84. The van der Waals surface area contributed by atoms with Crippen molar-refractivity contribution < 1.29 is 4.79 Å². The minimum atomic E-state index is -0.605. The van der Waals surface area contributed by atoms with Gasteiger partial charge in [-0.2, -0.15) is 0 Å². The first-order valence-corrected chi connectivity index (χ1v) is 6.68. The molecule has 17 heavy (non-hydrogen) atoms. The highest BCUT2D eigenvalue weighted by atomic mass is 16.1. The average Bonchev–Trinajstić information content (AvgIpc) is 2.98. The molecule has 1 aliphatic rings. The van der Waals surface area contributed by atoms with Crippen LogP contribution in [0, 0.1) is 5.92 Å². The molecule has 1 aliphatic carbocycles. The number of nitrogens with zero attached hydrogens (tertiary/aromatic N) is 1. The summed E-state index contributed by atoms with van der Waals surface area (Å²) in [5.74, 6) is 0.364. The van der Waals surface area contributed by atoms with Crippen LogP contribution in [-0.4, -0.2) is 42.0 Å². The molecule has 4 heteroatoms. The number of carbonyl (C=O) groups excluding carboxylic acids is 1. The fourth-order valence-electron chi connectivity index (χ4n) is 2.27. The van der Waals surface area contributed by atoms with Crippen LogP contribution in [-0.2, 0) is 4.79 Å². The first kappa shape index (κ1) is 14.5. The maximum atomic E-state index is 11.6. The van der Waals surface area contributed by atoms with Gasteiger partial charge in [0.2, 0.25) is 5.91 Å². The fourth-order valence-corrected chi connectivity index (χ4v) is 2.27. The van der Waals surface area contributed by atoms with Crippen molar-refractivity contribution in [1.29, 1.82) is 0 Å². The molecule has 0 aromatic carbocycles. The van der Waals surface area contributed by atoms with Crippen LogP contribution in [0.4, 0.5) is 0 Å². The first-order valence-electron chi connectivity index (χ1n) is 6.68. The van der Waals surface area contributed by atoms with E-state index in [0.717, 1.165) is 19.6 Å². The normalized spacial score (nSPS) is 19.6. The molecule has 0 aliphatic heterocycles. The van der Waals surface area contributed by atoms with Crippen LogP contribution < -0.4 is 11.1 Å². The molecular weight excluding hydrogens is 214 g/mol. The van der Waals surface area contributed by atoms with Gasteiger partial charge in [0.05, 0.1) is 0 Å². The van der Waals surface area contributed by atoms with Crippen LogP contribution in [0.15, 0.2) is 0 Å². The summed E-state index contributed by atoms with van der Waals surface area (Å²) >= 11 is 0. The predicted octanol–water partition coefficient (Wildman–Crippen LogP) is 0.960. The van der Waals surface area contributed by atoms with Crippen LogP contribution >= 0.6 is 0 Å². The molecule has 0 bridgehead atoms. The minimum absolute atomic E-state index is 0.256. The molecule has 3 N–H and O–H groups in total. The van der Waals surface area contributed by atoms with E-state index in [-0.39, 0.29) is 5.91 Å². The van der Waals surface area contributed by atoms with Gasteiger partial charge in [-0.1, -0.05) is 20.8 Å². The molecule has 0 radical (unpaired) electrons. The molecule has 1 saturated carbocycles. The Balaban J connectivity index is 2.64. The SMILES string of the molecule is CCNC(C)(CN(CC(C)C)C1CC1)C(N)=O. The van der Waals surface area contributed by atoms with Crippen molar-refractivity contribution in [3.8, 4) is 0 Å². The molecule has 0 aromatic rings. The molecule has 1 rings (SSSR count). The number of nitrogens with two attached hydrogens (primary N) is 1. The number of hydrogen-bond acceptors (Lipinski definition) is 3. The van der Waals surface area contributed by atoms with E-state index < -0.39 is 5.54 Å². The number of rotatable bonds is 8. The van der Waals surface area contributed by atoms with Crippen molar-refractivity contribution in [2.45, 2.75) is 52.1 Å². The second-order valence-electron chi connectivity index (χ2n) is 5.78. The number of hydrogen-bond donors (Lipinski definition) is 2. The molecule has 100 valence electrons. The Labute approximate surface area is 105 Å². The fraction of sp³-hybridized carbons (Fsp3) is 0.923. The van der Waals surface area contributed by atoms with Gasteiger partial charge in [-0.05, 0) is 32.2 Å². The largest absolute Gasteiger partial charge is 0.368 e. The highest BCUT2D eigenvalue weighted by Gasteiger charge is 2.37. The second kappa shape index (κ2) is 5.83. The van der Waals surface area contributed by atoms with Crippen LogP contribution in [0.5, 0.6) is 0 Å². The maximum Gasteiger partial charge on any atom is 0.238 e. The molecule has 0 spiro atoms. The number of nitrogens with one attached hydrogen (secondary N) is 1. The summed E-state index contributed by atoms with van der Waals surface area (Å²) in [6.45, 7) is 10.9. The van der Waals surface area contributed by atoms with Gasteiger partial charge in [0.25, 0.3) is 0 Å². The molecule has 4 nitrogen and oxygen atoms in total. The molecule has 1 fully saturated rings. The minimum Gasteiger partial charge on any atom is -0.368 e. The Bertz CT molecular complexity index is 263. The standard InChI is InChI=1S/C13H27N3O/c1-5-15-13(4,12(14)17)9-16(8-10(2)3)11-6-7-11/h10-11,15H,5-9H2,1-4H3,(H2,14,17). The lowest BCUT2D eigenvalue weighted by molar-refractivity contribution is -0.124. The van der Waals surface area contributed by atoms with E-state index >= 15 is 0 Å². The van der Waals surface area contributed by atoms with Crippen molar-refractivity contribution in [3.05, 3.63) is 0 Å². The zero-order valence-corrected chi connectivity index (χ0v) is 11.6. The molecule has 1 atom stereocenters. The summed E-state index contributed by atoms with van der Waals surface area (Å²) < 4.78 is 0. The van der Waals surface area contributed by atoms with Crippen LogP contribution in [0.1, 0.15) is 40.5 Å². The summed E-state index contributed by atoms with van der Waals surface area (Å²) in [7, 11) is 0. The Kier molecular flexibility index (Phi) is 4.95. The second-order valence-corrected chi connectivity index (χ2v) is 5.78. The van der Waals surface area contributed by atoms with E-state index in [0.29, 0.717) is 12.0 Å². The molecule has 0 heterocycles. The van der Waals surface area contributed by atoms with Gasteiger partial charge in [0.1, 0.15) is 5.54 Å². The summed E-state index contributed by atoms with van der Waals surface area (Å²) in [6.07, 6.45) is 2.52. The van der Waals surface area contributed by atoms with Crippen LogP contribution in [0.3, 0.4) is 0 Å². The van der Waals surface area contributed by atoms with Crippen LogP contribution in [0.25, 0.3) is 0 Å². The van der Waals surface area contributed by atoms with Gasteiger partial charge in [-0.3, -0.25) is 9.69 Å². The van der Waals surface area contributed by atoms with Crippen molar-refractivity contribution in [2.75, 3.05) is 19.6 Å². The van der Waals surface area contributed by atoms with E-state index in [1.165, 1.54) is 12.8 Å². The number of likely N-dealkylation sites (N-methyl/N-ethyl adjacent to an activating group) is 1.